The largest absolute Gasteiger partial charge is 0.494 e. The van der Waals surface area contributed by atoms with Crippen LogP contribution in [0.2, 0.25) is 5.02 Å². The highest BCUT2D eigenvalue weighted by molar-refractivity contribution is 6.30. The standard InChI is InChI=1S/C18H22ClNO/c19-17-8-10-18(11-9-17)21-15-5-4-13-20-14-12-16-6-2-1-3-7-16/h1-3,6-11,20H,4-5,12-15H2. The van der Waals surface area contributed by atoms with Gasteiger partial charge in [0, 0.05) is 5.02 Å². The molecule has 0 heterocycles. The van der Waals surface area contributed by atoms with Crippen LogP contribution in [0.1, 0.15) is 18.4 Å². The lowest BCUT2D eigenvalue weighted by molar-refractivity contribution is 0.306. The molecule has 0 spiro atoms. The minimum Gasteiger partial charge on any atom is -0.494 e. The lowest BCUT2D eigenvalue weighted by Gasteiger charge is -2.07. The lowest BCUT2D eigenvalue weighted by atomic mass is 10.1. The van der Waals surface area contributed by atoms with Crippen molar-refractivity contribution in [1.82, 2.24) is 5.32 Å². The van der Waals surface area contributed by atoms with Crippen molar-refractivity contribution in [3.63, 3.8) is 0 Å². The summed E-state index contributed by atoms with van der Waals surface area (Å²) in [5.74, 6) is 0.886. The Hall–Kier alpha value is -1.51. The Morgan fingerprint density at radius 1 is 0.857 bits per heavy atom. The van der Waals surface area contributed by atoms with E-state index in [2.05, 4.69) is 35.6 Å². The number of halogens is 1. The lowest BCUT2D eigenvalue weighted by Crippen LogP contribution is -2.19. The molecule has 0 aromatic heterocycles. The number of rotatable bonds is 9. The molecule has 0 bridgehead atoms. The van der Waals surface area contributed by atoms with Crippen molar-refractivity contribution < 1.29 is 4.74 Å². The topological polar surface area (TPSA) is 21.3 Å². The Kier molecular flexibility index (Phi) is 7.13. The maximum absolute atomic E-state index is 5.82. The van der Waals surface area contributed by atoms with Crippen LogP contribution in [-0.2, 0) is 6.42 Å². The van der Waals surface area contributed by atoms with Crippen LogP contribution in [-0.4, -0.2) is 19.7 Å². The quantitative estimate of drug-likeness (QED) is 0.696. The number of nitrogens with one attached hydrogen (secondary N) is 1. The molecule has 0 saturated heterocycles. The summed E-state index contributed by atoms with van der Waals surface area (Å²) in [6.07, 6.45) is 3.27. The van der Waals surface area contributed by atoms with Crippen molar-refractivity contribution in [3.8, 4) is 5.75 Å². The molecular formula is C18H22ClNO. The minimum atomic E-state index is 0.741. The van der Waals surface area contributed by atoms with E-state index in [4.69, 9.17) is 16.3 Å². The fourth-order valence-corrected chi connectivity index (χ4v) is 2.20. The molecule has 0 aliphatic carbocycles. The monoisotopic (exact) mass is 303 g/mol. The molecule has 0 aliphatic rings. The summed E-state index contributed by atoms with van der Waals surface area (Å²) in [7, 11) is 0. The van der Waals surface area contributed by atoms with Crippen LogP contribution >= 0.6 is 11.6 Å². The number of hydrogen-bond acceptors (Lipinski definition) is 2. The average molecular weight is 304 g/mol. The van der Waals surface area contributed by atoms with Gasteiger partial charge in [0.1, 0.15) is 5.75 Å². The Bertz CT molecular complexity index is 498. The van der Waals surface area contributed by atoms with Crippen molar-refractivity contribution in [2.24, 2.45) is 0 Å². The van der Waals surface area contributed by atoms with Gasteiger partial charge in [-0.1, -0.05) is 41.9 Å². The predicted molar refractivity (Wildman–Crippen MR) is 89.2 cm³/mol. The van der Waals surface area contributed by atoms with Crippen molar-refractivity contribution >= 4 is 11.6 Å². The number of unbranched alkanes of at least 4 members (excludes halogenated alkanes) is 1. The van der Waals surface area contributed by atoms with Crippen molar-refractivity contribution in [2.75, 3.05) is 19.7 Å². The first-order valence-corrected chi connectivity index (χ1v) is 7.85. The first-order valence-electron chi connectivity index (χ1n) is 7.47. The van der Waals surface area contributed by atoms with Gasteiger partial charge in [0.15, 0.2) is 0 Å². The SMILES string of the molecule is Clc1ccc(OCCCCNCCc2ccccc2)cc1. The number of hydrogen-bond donors (Lipinski definition) is 1. The second kappa shape index (κ2) is 9.43. The molecule has 0 atom stereocenters. The van der Waals surface area contributed by atoms with Crippen LogP contribution in [0.25, 0.3) is 0 Å². The highest BCUT2D eigenvalue weighted by Gasteiger charge is 1.95. The van der Waals surface area contributed by atoms with E-state index in [1.54, 1.807) is 0 Å². The molecule has 112 valence electrons. The molecular weight excluding hydrogens is 282 g/mol. The van der Waals surface area contributed by atoms with Crippen LogP contribution in [0.5, 0.6) is 5.75 Å². The molecule has 0 fully saturated rings. The van der Waals surface area contributed by atoms with Gasteiger partial charge in [0.05, 0.1) is 6.61 Å². The third kappa shape index (κ3) is 6.65. The van der Waals surface area contributed by atoms with Gasteiger partial charge in [-0.3, -0.25) is 0 Å². The van der Waals surface area contributed by atoms with Crippen molar-refractivity contribution in [1.29, 1.82) is 0 Å². The summed E-state index contributed by atoms with van der Waals surface area (Å²) in [5, 5.41) is 4.21. The molecule has 2 aromatic carbocycles. The van der Waals surface area contributed by atoms with Crippen LogP contribution in [0.3, 0.4) is 0 Å². The third-order valence-corrected chi connectivity index (χ3v) is 3.52. The van der Waals surface area contributed by atoms with E-state index < -0.39 is 0 Å². The van der Waals surface area contributed by atoms with Gasteiger partial charge < -0.3 is 10.1 Å². The molecule has 2 nitrogen and oxygen atoms in total. The van der Waals surface area contributed by atoms with E-state index in [0.717, 1.165) is 49.7 Å². The van der Waals surface area contributed by atoms with E-state index in [0.29, 0.717) is 0 Å². The minimum absolute atomic E-state index is 0.741. The van der Waals surface area contributed by atoms with Crippen LogP contribution in [0.4, 0.5) is 0 Å². The molecule has 21 heavy (non-hydrogen) atoms. The maximum atomic E-state index is 5.82. The molecule has 0 radical (unpaired) electrons. The molecule has 0 aliphatic heterocycles. The molecule has 0 unspecified atom stereocenters. The maximum Gasteiger partial charge on any atom is 0.119 e. The number of benzene rings is 2. The summed E-state index contributed by atoms with van der Waals surface area (Å²) in [6, 6.07) is 18.1. The van der Waals surface area contributed by atoms with E-state index in [9.17, 15) is 0 Å². The summed E-state index contributed by atoms with van der Waals surface area (Å²) in [5.41, 5.74) is 1.39. The van der Waals surface area contributed by atoms with E-state index in [1.807, 2.05) is 24.3 Å². The van der Waals surface area contributed by atoms with Crippen LogP contribution in [0.15, 0.2) is 54.6 Å². The summed E-state index contributed by atoms with van der Waals surface area (Å²) in [6.45, 7) is 2.82. The van der Waals surface area contributed by atoms with Gasteiger partial charge in [-0.15, -0.1) is 0 Å². The molecule has 0 saturated carbocycles. The zero-order chi connectivity index (χ0) is 14.8. The highest BCUT2D eigenvalue weighted by atomic mass is 35.5. The second-order valence-corrected chi connectivity index (χ2v) is 5.43. The van der Waals surface area contributed by atoms with E-state index in [1.165, 1.54) is 5.56 Å². The molecule has 0 amide bonds. The second-order valence-electron chi connectivity index (χ2n) is 5.00. The van der Waals surface area contributed by atoms with Crippen molar-refractivity contribution in [2.45, 2.75) is 19.3 Å². The van der Waals surface area contributed by atoms with Crippen molar-refractivity contribution in [3.05, 3.63) is 65.2 Å². The predicted octanol–water partition coefficient (Wildman–Crippen LogP) is 4.33. The van der Waals surface area contributed by atoms with Gasteiger partial charge in [0.2, 0.25) is 0 Å². The fourth-order valence-electron chi connectivity index (χ4n) is 2.08. The number of ether oxygens (including phenoxy) is 1. The Balaban J connectivity index is 1.46. The summed E-state index contributed by atoms with van der Waals surface area (Å²) < 4.78 is 5.65. The first kappa shape index (κ1) is 15.9. The molecule has 3 heteroatoms. The van der Waals surface area contributed by atoms with Gasteiger partial charge in [-0.05, 0) is 62.2 Å². The van der Waals surface area contributed by atoms with Gasteiger partial charge in [0.25, 0.3) is 0 Å². The van der Waals surface area contributed by atoms with Gasteiger partial charge in [-0.2, -0.15) is 0 Å². The Labute approximate surface area is 132 Å². The van der Waals surface area contributed by atoms with E-state index >= 15 is 0 Å². The summed E-state index contributed by atoms with van der Waals surface area (Å²) >= 11 is 5.82. The smallest absolute Gasteiger partial charge is 0.119 e. The molecule has 2 rings (SSSR count). The third-order valence-electron chi connectivity index (χ3n) is 3.26. The molecule has 1 N–H and O–H groups in total. The van der Waals surface area contributed by atoms with Crippen LogP contribution in [0, 0.1) is 0 Å². The zero-order valence-corrected chi connectivity index (χ0v) is 13.0. The van der Waals surface area contributed by atoms with Gasteiger partial charge in [-0.25, -0.2) is 0 Å². The highest BCUT2D eigenvalue weighted by Crippen LogP contribution is 2.15. The first-order chi connectivity index (χ1) is 10.3. The summed E-state index contributed by atoms with van der Waals surface area (Å²) in [4.78, 5) is 0. The van der Waals surface area contributed by atoms with Crippen LogP contribution < -0.4 is 10.1 Å². The zero-order valence-electron chi connectivity index (χ0n) is 12.2. The average Bonchev–Trinajstić information content (AvgIpc) is 2.53. The van der Waals surface area contributed by atoms with E-state index in [-0.39, 0.29) is 0 Å². The normalized spacial score (nSPS) is 10.5. The Morgan fingerprint density at radius 3 is 2.38 bits per heavy atom. The van der Waals surface area contributed by atoms with Gasteiger partial charge >= 0.3 is 0 Å². The Morgan fingerprint density at radius 2 is 1.62 bits per heavy atom. The molecule has 2 aromatic rings. The fraction of sp³-hybridized carbons (Fsp3) is 0.333.